The summed E-state index contributed by atoms with van der Waals surface area (Å²) in [6.07, 6.45) is 1.02. The first-order valence-corrected chi connectivity index (χ1v) is 11.6. The zero-order valence-electron chi connectivity index (χ0n) is 18.0. The number of nitrogens with zero attached hydrogens (tertiary/aromatic N) is 2. The molecule has 1 atom stereocenters. The highest BCUT2D eigenvalue weighted by molar-refractivity contribution is 7.88. The van der Waals surface area contributed by atoms with Gasteiger partial charge >= 0.3 is 0 Å². The van der Waals surface area contributed by atoms with Gasteiger partial charge in [0, 0.05) is 18.8 Å². The van der Waals surface area contributed by atoms with E-state index in [4.69, 9.17) is 0 Å². The topological polar surface area (TPSA) is 86.8 Å². The summed E-state index contributed by atoms with van der Waals surface area (Å²) < 4.78 is 38.6. The lowest BCUT2D eigenvalue weighted by atomic mass is 9.93. The summed E-state index contributed by atoms with van der Waals surface area (Å²) in [6, 6.07) is 11.2. The quantitative estimate of drug-likeness (QED) is 0.761. The highest BCUT2D eigenvalue weighted by atomic mass is 32.2. The largest absolute Gasteiger partial charge is 0.350 e. The van der Waals surface area contributed by atoms with Crippen molar-refractivity contribution < 1.29 is 22.4 Å². The Morgan fingerprint density at radius 1 is 1.13 bits per heavy atom. The van der Waals surface area contributed by atoms with Crippen LogP contribution in [0.25, 0.3) is 0 Å². The van der Waals surface area contributed by atoms with Crippen LogP contribution in [0.2, 0.25) is 0 Å². The lowest BCUT2D eigenvalue weighted by molar-refractivity contribution is -0.133. The van der Waals surface area contributed by atoms with Crippen LogP contribution in [-0.2, 0) is 26.2 Å². The van der Waals surface area contributed by atoms with Gasteiger partial charge in [-0.25, -0.2) is 12.8 Å². The average molecular weight is 448 g/mol. The summed E-state index contributed by atoms with van der Waals surface area (Å²) in [5.41, 5.74) is 1.58. The molecule has 0 radical (unpaired) electrons. The van der Waals surface area contributed by atoms with Crippen LogP contribution < -0.4 is 10.2 Å². The van der Waals surface area contributed by atoms with Crippen LogP contribution in [0.4, 0.5) is 10.1 Å². The van der Waals surface area contributed by atoms with Crippen molar-refractivity contribution in [2.75, 3.05) is 24.2 Å². The molecule has 2 aromatic rings. The first kappa shape index (κ1) is 22.9. The van der Waals surface area contributed by atoms with E-state index in [-0.39, 0.29) is 25.5 Å². The van der Waals surface area contributed by atoms with Crippen molar-refractivity contribution in [3.63, 3.8) is 0 Å². The van der Waals surface area contributed by atoms with Gasteiger partial charge in [0.2, 0.25) is 21.8 Å². The van der Waals surface area contributed by atoms with Crippen molar-refractivity contribution in [3.05, 3.63) is 65.0 Å². The van der Waals surface area contributed by atoms with Gasteiger partial charge in [0.05, 0.1) is 12.8 Å². The number of sulfonamides is 1. The normalized spacial score (nSPS) is 20.0. The minimum atomic E-state index is -3.69. The van der Waals surface area contributed by atoms with E-state index in [1.807, 2.05) is 19.9 Å². The smallest absolute Gasteiger partial charge is 0.247 e. The molecule has 1 N–H and O–H groups in total. The van der Waals surface area contributed by atoms with E-state index in [2.05, 4.69) is 5.32 Å². The molecule has 0 spiro atoms. The Hall–Kier alpha value is -2.78. The first-order chi connectivity index (χ1) is 14.4. The van der Waals surface area contributed by atoms with E-state index in [1.54, 1.807) is 31.2 Å². The van der Waals surface area contributed by atoms with Crippen molar-refractivity contribution in [3.8, 4) is 0 Å². The second kappa shape index (κ2) is 8.39. The van der Waals surface area contributed by atoms with Gasteiger partial charge in [0.25, 0.3) is 0 Å². The van der Waals surface area contributed by atoms with Crippen LogP contribution >= 0.6 is 0 Å². The fourth-order valence-corrected chi connectivity index (χ4v) is 4.69. The molecule has 0 saturated carbocycles. The molecule has 0 aromatic heterocycles. The van der Waals surface area contributed by atoms with Crippen molar-refractivity contribution in [1.82, 2.24) is 9.62 Å². The first-order valence-electron chi connectivity index (χ1n) is 9.79. The van der Waals surface area contributed by atoms with E-state index in [0.717, 1.165) is 21.7 Å². The lowest BCUT2D eigenvalue weighted by Gasteiger charge is -2.46. The number of carbonyl (C=O) groups excluding carboxylic acids is 2. The molecule has 1 aliphatic rings. The molecule has 1 saturated heterocycles. The number of rotatable bonds is 5. The minimum absolute atomic E-state index is 0.114. The number of carbonyl (C=O) groups is 2. The monoisotopic (exact) mass is 447 g/mol. The number of hydrogen-bond donors (Lipinski definition) is 1. The third kappa shape index (κ3) is 4.94. The molecule has 166 valence electrons. The SMILES string of the molecule is Cc1cc(C)cc(N2C(=O)CN(S(C)(=O)=O)C[C@@]2(C)C(=O)NCc2ccc(F)cc2)c1. The average Bonchev–Trinajstić information content (AvgIpc) is 2.65. The van der Waals surface area contributed by atoms with Gasteiger partial charge in [-0.1, -0.05) is 18.2 Å². The summed E-state index contributed by atoms with van der Waals surface area (Å²) >= 11 is 0. The predicted octanol–water partition coefficient (Wildman–Crippen LogP) is 2.13. The molecule has 0 bridgehead atoms. The van der Waals surface area contributed by atoms with Gasteiger partial charge in [-0.05, 0) is 61.7 Å². The molecule has 1 fully saturated rings. The molecule has 1 aliphatic heterocycles. The van der Waals surface area contributed by atoms with Crippen molar-refractivity contribution >= 4 is 27.5 Å². The zero-order valence-corrected chi connectivity index (χ0v) is 18.8. The molecular formula is C22H26FN3O4S. The van der Waals surface area contributed by atoms with Crippen LogP contribution in [0.3, 0.4) is 0 Å². The Morgan fingerprint density at radius 3 is 2.26 bits per heavy atom. The molecule has 7 nitrogen and oxygen atoms in total. The molecule has 1 heterocycles. The van der Waals surface area contributed by atoms with Gasteiger partial charge in [-0.3, -0.25) is 14.5 Å². The minimum Gasteiger partial charge on any atom is -0.350 e. The van der Waals surface area contributed by atoms with E-state index in [1.165, 1.54) is 17.0 Å². The second-order valence-electron chi connectivity index (χ2n) is 8.19. The van der Waals surface area contributed by atoms with Crippen LogP contribution in [0.5, 0.6) is 0 Å². The molecule has 2 aromatic carbocycles. The number of aryl methyl sites for hydroxylation is 2. The summed E-state index contributed by atoms with van der Waals surface area (Å²) in [5, 5.41) is 2.77. The number of piperazine rings is 1. The molecular weight excluding hydrogens is 421 g/mol. The maximum atomic E-state index is 13.3. The highest BCUT2D eigenvalue weighted by Crippen LogP contribution is 2.32. The van der Waals surface area contributed by atoms with Crippen LogP contribution in [0.15, 0.2) is 42.5 Å². The second-order valence-corrected chi connectivity index (χ2v) is 10.2. The number of amides is 2. The number of hydrogen-bond acceptors (Lipinski definition) is 4. The Labute approximate surface area is 181 Å². The Morgan fingerprint density at radius 2 is 1.71 bits per heavy atom. The van der Waals surface area contributed by atoms with Crippen molar-refractivity contribution in [1.29, 1.82) is 0 Å². The fourth-order valence-electron chi connectivity index (χ4n) is 3.86. The number of halogens is 1. The molecule has 0 unspecified atom stereocenters. The van der Waals surface area contributed by atoms with E-state index >= 15 is 0 Å². The van der Waals surface area contributed by atoms with Crippen LogP contribution in [-0.4, -0.2) is 49.4 Å². The van der Waals surface area contributed by atoms with Gasteiger partial charge < -0.3 is 5.32 Å². The molecule has 0 aliphatic carbocycles. The molecule has 3 rings (SSSR count). The van der Waals surface area contributed by atoms with Gasteiger partial charge in [0.1, 0.15) is 11.4 Å². The summed E-state index contributed by atoms with van der Waals surface area (Å²) in [4.78, 5) is 27.8. The van der Waals surface area contributed by atoms with E-state index in [9.17, 15) is 22.4 Å². The number of benzene rings is 2. The van der Waals surface area contributed by atoms with Gasteiger partial charge in [-0.15, -0.1) is 0 Å². The molecule has 9 heteroatoms. The summed E-state index contributed by atoms with van der Waals surface area (Å²) in [5.74, 6) is -1.37. The predicted molar refractivity (Wildman–Crippen MR) is 116 cm³/mol. The Kier molecular flexibility index (Phi) is 6.20. The van der Waals surface area contributed by atoms with Crippen molar-refractivity contribution in [2.45, 2.75) is 32.9 Å². The summed E-state index contributed by atoms with van der Waals surface area (Å²) in [6.45, 7) is 4.92. The number of anilines is 1. The van der Waals surface area contributed by atoms with Crippen molar-refractivity contribution in [2.24, 2.45) is 0 Å². The van der Waals surface area contributed by atoms with Gasteiger partial charge in [-0.2, -0.15) is 4.31 Å². The Bertz CT molecular complexity index is 1100. The van der Waals surface area contributed by atoms with Crippen LogP contribution in [0, 0.1) is 19.7 Å². The summed E-state index contributed by atoms with van der Waals surface area (Å²) in [7, 11) is -3.69. The number of nitrogens with one attached hydrogen (secondary N) is 1. The lowest BCUT2D eigenvalue weighted by Crippen LogP contribution is -2.70. The third-order valence-corrected chi connectivity index (χ3v) is 6.52. The van der Waals surface area contributed by atoms with Crippen LogP contribution in [0.1, 0.15) is 23.6 Å². The van der Waals surface area contributed by atoms with E-state index < -0.39 is 27.4 Å². The highest BCUT2D eigenvalue weighted by Gasteiger charge is 2.50. The maximum Gasteiger partial charge on any atom is 0.247 e. The standard InChI is InChI=1S/C22H26FN3O4S/c1-15-9-16(2)11-19(10-15)26-20(27)13-25(31(4,29)30)14-22(26,3)21(28)24-12-17-5-7-18(23)8-6-17/h5-11H,12-14H2,1-4H3,(H,24,28)/t22-/m0/s1. The zero-order chi connectivity index (χ0) is 23.0. The maximum absolute atomic E-state index is 13.3. The van der Waals surface area contributed by atoms with Gasteiger partial charge in [0.15, 0.2) is 0 Å². The molecule has 31 heavy (non-hydrogen) atoms. The third-order valence-electron chi connectivity index (χ3n) is 5.33. The van der Waals surface area contributed by atoms with E-state index in [0.29, 0.717) is 11.3 Å². The molecule has 2 amide bonds. The fraction of sp³-hybridized carbons (Fsp3) is 0.364. The Balaban J connectivity index is 1.98.